The van der Waals surface area contributed by atoms with Crippen LogP contribution in [-0.4, -0.2) is 26.7 Å². The molecule has 1 heterocycles. The lowest BCUT2D eigenvalue weighted by atomic mass is 10.2. The Kier molecular flexibility index (Phi) is 3.75. The highest BCUT2D eigenvalue weighted by Crippen LogP contribution is 2.39. The molecule has 21 heavy (non-hydrogen) atoms. The van der Waals surface area contributed by atoms with Crippen molar-refractivity contribution in [1.29, 1.82) is 0 Å². The summed E-state index contributed by atoms with van der Waals surface area (Å²) in [6, 6.07) is 9.31. The average molecular weight is 285 g/mol. The zero-order valence-electron chi connectivity index (χ0n) is 11.8. The molecule has 1 atom stereocenters. The van der Waals surface area contributed by atoms with Gasteiger partial charge in [0.2, 0.25) is 0 Å². The first-order valence-electron chi connectivity index (χ1n) is 7.21. The zero-order valence-corrected chi connectivity index (χ0v) is 11.8. The SMILES string of the molecule is N[C@@H](Cc1cn(Cc2ccccc2)c(C2CC2)n1)C(=O)O. The minimum Gasteiger partial charge on any atom is -0.480 e. The van der Waals surface area contributed by atoms with Gasteiger partial charge in [0.25, 0.3) is 0 Å². The quantitative estimate of drug-likeness (QED) is 0.847. The molecule has 5 nitrogen and oxygen atoms in total. The molecule has 0 bridgehead atoms. The molecule has 0 unspecified atom stereocenters. The summed E-state index contributed by atoms with van der Waals surface area (Å²) in [5.41, 5.74) is 7.58. The molecule has 3 rings (SSSR count). The highest BCUT2D eigenvalue weighted by Gasteiger charge is 2.29. The molecule has 1 aliphatic carbocycles. The number of aliphatic carboxylic acids is 1. The van der Waals surface area contributed by atoms with E-state index >= 15 is 0 Å². The summed E-state index contributed by atoms with van der Waals surface area (Å²) >= 11 is 0. The first-order chi connectivity index (χ1) is 10.1. The van der Waals surface area contributed by atoms with E-state index in [0.717, 1.165) is 30.9 Å². The van der Waals surface area contributed by atoms with Crippen LogP contribution in [0.1, 0.15) is 35.8 Å². The van der Waals surface area contributed by atoms with Gasteiger partial charge in [-0.05, 0) is 18.4 Å². The van der Waals surface area contributed by atoms with Crippen molar-refractivity contribution in [1.82, 2.24) is 9.55 Å². The first kappa shape index (κ1) is 13.8. The van der Waals surface area contributed by atoms with Crippen LogP contribution in [0, 0.1) is 0 Å². The molecule has 0 aliphatic heterocycles. The van der Waals surface area contributed by atoms with E-state index < -0.39 is 12.0 Å². The lowest BCUT2D eigenvalue weighted by Gasteiger charge is -2.06. The topological polar surface area (TPSA) is 81.1 Å². The van der Waals surface area contributed by atoms with Gasteiger partial charge in [-0.2, -0.15) is 0 Å². The van der Waals surface area contributed by atoms with Crippen molar-refractivity contribution in [3.05, 3.63) is 53.6 Å². The van der Waals surface area contributed by atoms with Crippen LogP contribution in [-0.2, 0) is 17.8 Å². The second-order valence-corrected chi connectivity index (χ2v) is 5.63. The van der Waals surface area contributed by atoms with Crippen molar-refractivity contribution in [2.45, 2.75) is 37.8 Å². The predicted octanol–water partition coefficient (Wildman–Crippen LogP) is 1.76. The minimum atomic E-state index is -0.986. The molecule has 5 heteroatoms. The lowest BCUT2D eigenvalue weighted by molar-refractivity contribution is -0.138. The van der Waals surface area contributed by atoms with Crippen molar-refractivity contribution < 1.29 is 9.90 Å². The van der Waals surface area contributed by atoms with Crippen molar-refractivity contribution in [3.63, 3.8) is 0 Å². The molecule has 0 spiro atoms. The van der Waals surface area contributed by atoms with Crippen molar-refractivity contribution in [2.75, 3.05) is 0 Å². The monoisotopic (exact) mass is 285 g/mol. The molecule has 1 aromatic carbocycles. The van der Waals surface area contributed by atoms with Gasteiger partial charge < -0.3 is 15.4 Å². The maximum Gasteiger partial charge on any atom is 0.320 e. The number of hydrogen-bond acceptors (Lipinski definition) is 3. The highest BCUT2D eigenvalue weighted by atomic mass is 16.4. The smallest absolute Gasteiger partial charge is 0.320 e. The van der Waals surface area contributed by atoms with E-state index in [0.29, 0.717) is 5.92 Å². The molecule has 0 radical (unpaired) electrons. The van der Waals surface area contributed by atoms with Gasteiger partial charge in [0.1, 0.15) is 11.9 Å². The zero-order chi connectivity index (χ0) is 14.8. The van der Waals surface area contributed by atoms with Crippen LogP contribution in [0.3, 0.4) is 0 Å². The molecule has 1 aliphatic rings. The number of carboxylic acids is 1. The Balaban J connectivity index is 1.81. The van der Waals surface area contributed by atoms with E-state index in [9.17, 15) is 4.79 Å². The average Bonchev–Trinajstić information content (AvgIpc) is 3.23. The molecular weight excluding hydrogens is 266 g/mol. The third kappa shape index (κ3) is 3.31. The van der Waals surface area contributed by atoms with Crippen molar-refractivity contribution in [3.8, 4) is 0 Å². The maximum atomic E-state index is 10.9. The molecular formula is C16H19N3O2. The Morgan fingerprint density at radius 2 is 2.10 bits per heavy atom. The van der Waals surface area contributed by atoms with Gasteiger partial charge in [0, 0.05) is 25.1 Å². The molecule has 2 aromatic rings. The standard InChI is InChI=1S/C16H19N3O2/c17-14(16(20)21)8-13-10-19(15(18-13)12-6-7-12)9-11-4-2-1-3-5-11/h1-5,10,12,14H,6-9,17H2,(H,20,21)/t14-/m0/s1. The van der Waals surface area contributed by atoms with Gasteiger partial charge in [0.05, 0.1) is 5.69 Å². The summed E-state index contributed by atoms with van der Waals surface area (Å²) in [6.45, 7) is 0.766. The summed E-state index contributed by atoms with van der Waals surface area (Å²) < 4.78 is 2.14. The van der Waals surface area contributed by atoms with Crippen LogP contribution in [0.5, 0.6) is 0 Å². The Bertz CT molecular complexity index is 632. The molecule has 0 saturated heterocycles. The number of carboxylic acid groups (broad SMARTS) is 1. The second-order valence-electron chi connectivity index (χ2n) is 5.63. The predicted molar refractivity (Wildman–Crippen MR) is 79.1 cm³/mol. The summed E-state index contributed by atoms with van der Waals surface area (Å²) in [6.07, 6.45) is 4.55. The Hall–Kier alpha value is -2.14. The number of aromatic nitrogens is 2. The first-order valence-corrected chi connectivity index (χ1v) is 7.21. The van der Waals surface area contributed by atoms with Crippen LogP contribution in [0.4, 0.5) is 0 Å². The maximum absolute atomic E-state index is 10.9. The summed E-state index contributed by atoms with van der Waals surface area (Å²) in [5, 5.41) is 8.92. The number of carbonyl (C=O) groups is 1. The number of rotatable bonds is 6. The number of nitrogens with two attached hydrogens (primary N) is 1. The van der Waals surface area contributed by atoms with E-state index in [1.807, 2.05) is 24.4 Å². The van der Waals surface area contributed by atoms with Gasteiger partial charge in [-0.15, -0.1) is 0 Å². The number of imidazole rings is 1. The lowest BCUT2D eigenvalue weighted by Crippen LogP contribution is -2.32. The molecule has 3 N–H and O–H groups in total. The van der Waals surface area contributed by atoms with Gasteiger partial charge in [-0.25, -0.2) is 4.98 Å². The van der Waals surface area contributed by atoms with Crippen molar-refractivity contribution in [2.24, 2.45) is 5.73 Å². The van der Waals surface area contributed by atoms with E-state index in [1.54, 1.807) is 0 Å². The number of hydrogen-bond donors (Lipinski definition) is 2. The fraction of sp³-hybridized carbons (Fsp3) is 0.375. The van der Waals surface area contributed by atoms with E-state index in [-0.39, 0.29) is 6.42 Å². The Morgan fingerprint density at radius 3 is 2.71 bits per heavy atom. The molecule has 1 fully saturated rings. The van der Waals surface area contributed by atoms with Gasteiger partial charge in [-0.3, -0.25) is 4.79 Å². The fourth-order valence-corrected chi connectivity index (χ4v) is 2.47. The van der Waals surface area contributed by atoms with Gasteiger partial charge in [0.15, 0.2) is 0 Å². The number of nitrogens with zero attached hydrogens (tertiary/aromatic N) is 2. The summed E-state index contributed by atoms with van der Waals surface area (Å²) in [4.78, 5) is 15.5. The van der Waals surface area contributed by atoms with Crippen LogP contribution in [0.15, 0.2) is 36.5 Å². The molecule has 0 amide bonds. The number of benzene rings is 1. The van der Waals surface area contributed by atoms with E-state index in [2.05, 4.69) is 21.7 Å². The molecule has 110 valence electrons. The second kappa shape index (κ2) is 5.69. The minimum absolute atomic E-state index is 0.275. The molecule has 1 saturated carbocycles. The van der Waals surface area contributed by atoms with Gasteiger partial charge in [-0.1, -0.05) is 30.3 Å². The summed E-state index contributed by atoms with van der Waals surface area (Å²) in [7, 11) is 0. The largest absolute Gasteiger partial charge is 0.480 e. The Labute approximate surface area is 123 Å². The van der Waals surface area contributed by atoms with Crippen LogP contribution < -0.4 is 5.73 Å². The van der Waals surface area contributed by atoms with Crippen molar-refractivity contribution >= 4 is 5.97 Å². The summed E-state index contributed by atoms with van der Waals surface area (Å²) in [5.74, 6) is 0.593. The van der Waals surface area contributed by atoms with Crippen LogP contribution in [0.2, 0.25) is 0 Å². The van der Waals surface area contributed by atoms with Crippen LogP contribution >= 0.6 is 0 Å². The Morgan fingerprint density at radius 1 is 1.38 bits per heavy atom. The van der Waals surface area contributed by atoms with Crippen LogP contribution in [0.25, 0.3) is 0 Å². The van der Waals surface area contributed by atoms with E-state index in [4.69, 9.17) is 10.8 Å². The van der Waals surface area contributed by atoms with Gasteiger partial charge >= 0.3 is 5.97 Å². The molecule has 1 aromatic heterocycles. The normalized spacial score (nSPS) is 15.9. The third-order valence-corrected chi connectivity index (χ3v) is 3.74. The third-order valence-electron chi connectivity index (χ3n) is 3.74. The highest BCUT2D eigenvalue weighted by molar-refractivity contribution is 5.73. The van der Waals surface area contributed by atoms with E-state index in [1.165, 1.54) is 5.56 Å². The fourth-order valence-electron chi connectivity index (χ4n) is 2.47.